The molecule has 0 spiro atoms. The van der Waals surface area contributed by atoms with Crippen molar-refractivity contribution in [2.75, 3.05) is 11.9 Å². The Kier molecular flexibility index (Phi) is 4.87. The first-order valence-electron chi connectivity index (χ1n) is 6.62. The third-order valence-corrected chi connectivity index (χ3v) is 4.44. The Balaban J connectivity index is 2.21. The molecule has 0 amide bonds. The van der Waals surface area contributed by atoms with Crippen molar-refractivity contribution in [1.82, 2.24) is 14.7 Å². The lowest BCUT2D eigenvalue weighted by Gasteiger charge is -2.12. The van der Waals surface area contributed by atoms with E-state index in [-0.39, 0.29) is 11.4 Å². The van der Waals surface area contributed by atoms with Gasteiger partial charge in [-0.2, -0.15) is 0 Å². The normalized spacial score (nSPS) is 11.3. The summed E-state index contributed by atoms with van der Waals surface area (Å²) in [5.74, 6) is 0.357. The van der Waals surface area contributed by atoms with Crippen molar-refractivity contribution in [2.24, 2.45) is 0 Å². The Hall–Kier alpha value is -1.99. The second kappa shape index (κ2) is 6.64. The molecule has 0 bridgehead atoms. The highest BCUT2D eigenvalue weighted by molar-refractivity contribution is 7.89. The van der Waals surface area contributed by atoms with E-state index >= 15 is 0 Å². The molecular weight excluding hydrogens is 288 g/mol. The molecule has 21 heavy (non-hydrogen) atoms. The maximum atomic E-state index is 12.4. The molecule has 0 aromatic carbocycles. The standard InChI is InChI=1S/C14H18N4O2S/c1-3-16-14-13(5-4-7-17-14)21(19,20)18-10-12-9-15-8-6-11(12)2/h4-9,18H,3,10H2,1-2H3,(H,16,17). The van der Waals surface area contributed by atoms with Crippen molar-refractivity contribution in [2.45, 2.75) is 25.3 Å². The van der Waals surface area contributed by atoms with Gasteiger partial charge in [0.1, 0.15) is 10.7 Å². The summed E-state index contributed by atoms with van der Waals surface area (Å²) in [7, 11) is -3.63. The lowest BCUT2D eigenvalue weighted by molar-refractivity contribution is 0.581. The maximum absolute atomic E-state index is 12.4. The molecule has 0 radical (unpaired) electrons. The lowest BCUT2D eigenvalue weighted by atomic mass is 10.2. The van der Waals surface area contributed by atoms with E-state index in [1.54, 1.807) is 24.7 Å². The number of nitrogens with one attached hydrogen (secondary N) is 2. The molecule has 2 aromatic rings. The van der Waals surface area contributed by atoms with Gasteiger partial charge in [0.05, 0.1) is 0 Å². The summed E-state index contributed by atoms with van der Waals surface area (Å²) in [4.78, 5) is 8.22. The van der Waals surface area contributed by atoms with Crippen LogP contribution in [0.3, 0.4) is 0 Å². The number of sulfonamides is 1. The van der Waals surface area contributed by atoms with Gasteiger partial charge in [0.2, 0.25) is 10.0 Å². The van der Waals surface area contributed by atoms with Crippen LogP contribution < -0.4 is 10.0 Å². The van der Waals surface area contributed by atoms with Crippen LogP contribution >= 0.6 is 0 Å². The van der Waals surface area contributed by atoms with Crippen LogP contribution in [0, 0.1) is 6.92 Å². The first-order chi connectivity index (χ1) is 10.0. The van der Waals surface area contributed by atoms with Crippen LogP contribution in [0.5, 0.6) is 0 Å². The molecule has 2 heterocycles. The summed E-state index contributed by atoms with van der Waals surface area (Å²) in [6, 6.07) is 4.98. The van der Waals surface area contributed by atoms with Gasteiger partial charge in [-0.3, -0.25) is 4.98 Å². The number of aromatic nitrogens is 2. The fourth-order valence-corrected chi connectivity index (χ4v) is 2.98. The molecule has 2 rings (SSSR count). The number of rotatable bonds is 6. The summed E-state index contributed by atoms with van der Waals surface area (Å²) >= 11 is 0. The summed E-state index contributed by atoms with van der Waals surface area (Å²) < 4.78 is 27.4. The Morgan fingerprint density at radius 1 is 1.24 bits per heavy atom. The quantitative estimate of drug-likeness (QED) is 0.848. The summed E-state index contributed by atoms with van der Waals surface area (Å²) in [5.41, 5.74) is 1.83. The fourth-order valence-electron chi connectivity index (χ4n) is 1.84. The minimum Gasteiger partial charge on any atom is -0.369 e. The van der Waals surface area contributed by atoms with Gasteiger partial charge in [-0.1, -0.05) is 0 Å². The minimum atomic E-state index is -3.63. The Morgan fingerprint density at radius 2 is 2.05 bits per heavy atom. The average Bonchev–Trinajstić information content (AvgIpc) is 2.47. The van der Waals surface area contributed by atoms with Gasteiger partial charge < -0.3 is 5.32 Å². The van der Waals surface area contributed by atoms with Crippen LogP contribution in [-0.2, 0) is 16.6 Å². The van der Waals surface area contributed by atoms with Crippen molar-refractivity contribution in [3.8, 4) is 0 Å². The van der Waals surface area contributed by atoms with Gasteiger partial charge in [-0.05, 0) is 43.2 Å². The van der Waals surface area contributed by atoms with E-state index in [1.807, 2.05) is 19.9 Å². The van der Waals surface area contributed by atoms with Gasteiger partial charge in [0, 0.05) is 31.7 Å². The van der Waals surface area contributed by atoms with E-state index in [0.29, 0.717) is 12.4 Å². The van der Waals surface area contributed by atoms with E-state index in [2.05, 4.69) is 20.0 Å². The average molecular weight is 306 g/mol. The largest absolute Gasteiger partial charge is 0.369 e. The second-order valence-electron chi connectivity index (χ2n) is 4.51. The Bertz CT molecular complexity index is 716. The summed E-state index contributed by atoms with van der Waals surface area (Å²) in [6.45, 7) is 4.60. The number of nitrogens with zero attached hydrogens (tertiary/aromatic N) is 2. The SMILES string of the molecule is CCNc1ncccc1S(=O)(=O)NCc1cnccc1C. The Morgan fingerprint density at radius 3 is 2.76 bits per heavy atom. The number of anilines is 1. The minimum absolute atomic E-state index is 0.147. The highest BCUT2D eigenvalue weighted by Crippen LogP contribution is 2.18. The van der Waals surface area contributed by atoms with E-state index in [0.717, 1.165) is 11.1 Å². The van der Waals surface area contributed by atoms with Gasteiger partial charge in [-0.15, -0.1) is 0 Å². The number of hydrogen-bond acceptors (Lipinski definition) is 5. The fraction of sp³-hybridized carbons (Fsp3) is 0.286. The molecule has 0 unspecified atom stereocenters. The van der Waals surface area contributed by atoms with E-state index in [1.165, 1.54) is 6.07 Å². The maximum Gasteiger partial charge on any atom is 0.244 e. The lowest BCUT2D eigenvalue weighted by Crippen LogP contribution is -2.25. The van der Waals surface area contributed by atoms with Crippen LogP contribution in [0.15, 0.2) is 41.7 Å². The zero-order valence-corrected chi connectivity index (χ0v) is 12.8. The van der Waals surface area contributed by atoms with Crippen LogP contribution in [0.1, 0.15) is 18.1 Å². The van der Waals surface area contributed by atoms with Crippen molar-refractivity contribution < 1.29 is 8.42 Å². The number of hydrogen-bond donors (Lipinski definition) is 2. The molecule has 7 heteroatoms. The van der Waals surface area contributed by atoms with Gasteiger partial charge in [0.25, 0.3) is 0 Å². The summed E-state index contributed by atoms with van der Waals surface area (Å²) in [5, 5.41) is 2.95. The van der Waals surface area contributed by atoms with E-state index in [4.69, 9.17) is 0 Å². The highest BCUT2D eigenvalue weighted by atomic mass is 32.2. The monoisotopic (exact) mass is 306 g/mol. The molecule has 0 aliphatic carbocycles. The molecule has 112 valence electrons. The predicted octanol–water partition coefficient (Wildman–Crippen LogP) is 1.70. The third-order valence-electron chi connectivity index (χ3n) is 3.00. The van der Waals surface area contributed by atoms with Crippen molar-refractivity contribution in [3.63, 3.8) is 0 Å². The smallest absolute Gasteiger partial charge is 0.244 e. The third kappa shape index (κ3) is 3.77. The molecule has 0 saturated heterocycles. The van der Waals surface area contributed by atoms with Crippen LogP contribution in [0.2, 0.25) is 0 Å². The molecule has 0 atom stereocenters. The zero-order chi connectivity index (χ0) is 15.3. The van der Waals surface area contributed by atoms with Gasteiger partial charge >= 0.3 is 0 Å². The Labute approximate surface area is 124 Å². The topological polar surface area (TPSA) is 84.0 Å². The van der Waals surface area contributed by atoms with Gasteiger partial charge in [-0.25, -0.2) is 18.1 Å². The summed E-state index contributed by atoms with van der Waals surface area (Å²) in [6.07, 6.45) is 4.90. The van der Waals surface area contributed by atoms with Crippen molar-refractivity contribution >= 4 is 15.8 Å². The molecule has 2 aromatic heterocycles. The first kappa shape index (κ1) is 15.4. The number of aryl methyl sites for hydroxylation is 1. The molecule has 0 aliphatic rings. The number of pyridine rings is 2. The molecule has 0 saturated carbocycles. The second-order valence-corrected chi connectivity index (χ2v) is 6.24. The van der Waals surface area contributed by atoms with Crippen LogP contribution in [0.4, 0.5) is 5.82 Å². The van der Waals surface area contributed by atoms with E-state index < -0.39 is 10.0 Å². The van der Waals surface area contributed by atoms with Gasteiger partial charge in [0.15, 0.2) is 0 Å². The highest BCUT2D eigenvalue weighted by Gasteiger charge is 2.19. The predicted molar refractivity (Wildman–Crippen MR) is 81.4 cm³/mol. The van der Waals surface area contributed by atoms with Crippen molar-refractivity contribution in [3.05, 3.63) is 47.9 Å². The first-order valence-corrected chi connectivity index (χ1v) is 8.11. The molecule has 2 N–H and O–H groups in total. The van der Waals surface area contributed by atoms with Crippen LogP contribution in [0.25, 0.3) is 0 Å². The molecule has 6 nitrogen and oxygen atoms in total. The zero-order valence-electron chi connectivity index (χ0n) is 12.0. The van der Waals surface area contributed by atoms with E-state index in [9.17, 15) is 8.42 Å². The molecule has 0 fully saturated rings. The molecule has 0 aliphatic heterocycles. The molecular formula is C14H18N4O2S. The van der Waals surface area contributed by atoms with Crippen molar-refractivity contribution in [1.29, 1.82) is 0 Å². The van der Waals surface area contributed by atoms with Crippen LogP contribution in [-0.4, -0.2) is 24.9 Å².